The first-order valence-corrected chi connectivity index (χ1v) is 15.2. The van der Waals surface area contributed by atoms with Crippen LogP contribution in [0.5, 0.6) is 0 Å². The molecule has 2 heterocycles. The van der Waals surface area contributed by atoms with E-state index in [0.717, 1.165) is 44.0 Å². The number of hydrogen-bond acceptors (Lipinski definition) is 7. The van der Waals surface area contributed by atoms with Crippen molar-refractivity contribution in [3.63, 3.8) is 0 Å². The molecule has 1 N–H and O–H groups in total. The highest BCUT2D eigenvalue weighted by Gasteiger charge is 2.34. The van der Waals surface area contributed by atoms with E-state index < -0.39 is 28.1 Å². The number of carbonyl (C=O) groups excluding carboxylic acids is 2. The van der Waals surface area contributed by atoms with Crippen molar-refractivity contribution < 1.29 is 27.9 Å². The summed E-state index contributed by atoms with van der Waals surface area (Å²) in [7, 11) is -3.08. The van der Waals surface area contributed by atoms with E-state index in [1.54, 1.807) is 18.2 Å². The van der Waals surface area contributed by atoms with Crippen molar-refractivity contribution in [2.24, 2.45) is 11.8 Å². The molecule has 39 heavy (non-hydrogen) atoms. The van der Waals surface area contributed by atoms with Gasteiger partial charge in [0.2, 0.25) is 0 Å². The molecule has 2 aromatic carbocycles. The number of aliphatic hydroxyl groups is 1. The molecule has 2 aliphatic rings. The number of hydrogen-bond donors (Lipinski definition) is 1. The molecule has 2 fully saturated rings. The van der Waals surface area contributed by atoms with Gasteiger partial charge in [-0.15, -0.1) is 0 Å². The first kappa shape index (κ1) is 28.9. The molecule has 2 aromatic rings. The highest BCUT2D eigenvalue weighted by molar-refractivity contribution is 7.91. The number of sulfone groups is 1. The van der Waals surface area contributed by atoms with Gasteiger partial charge in [0.25, 0.3) is 0 Å². The predicted molar refractivity (Wildman–Crippen MR) is 151 cm³/mol. The fraction of sp³-hybridized carbons (Fsp3) is 0.419. The average Bonchev–Trinajstić information content (AvgIpc) is 2.95. The first-order chi connectivity index (χ1) is 18.8. The quantitative estimate of drug-likeness (QED) is 0.379. The smallest absolute Gasteiger partial charge is 0.163 e. The van der Waals surface area contributed by atoms with Crippen LogP contribution in [0.1, 0.15) is 46.3 Å². The summed E-state index contributed by atoms with van der Waals surface area (Å²) in [5, 5.41) is 9.40. The van der Waals surface area contributed by atoms with Crippen molar-refractivity contribution in [2.75, 3.05) is 44.4 Å². The van der Waals surface area contributed by atoms with Gasteiger partial charge in [-0.3, -0.25) is 14.5 Å². The van der Waals surface area contributed by atoms with Crippen LogP contribution in [0.25, 0.3) is 6.08 Å². The Morgan fingerprint density at radius 2 is 1.69 bits per heavy atom. The summed E-state index contributed by atoms with van der Waals surface area (Å²) in [6.45, 7) is 3.76. The molecule has 7 nitrogen and oxygen atoms in total. The molecule has 0 amide bonds. The summed E-state index contributed by atoms with van der Waals surface area (Å²) in [4.78, 5) is 27.6. The van der Waals surface area contributed by atoms with Crippen LogP contribution in [-0.2, 0) is 25.9 Å². The van der Waals surface area contributed by atoms with Crippen LogP contribution in [-0.4, -0.2) is 74.4 Å². The topological polar surface area (TPSA) is 101 Å². The fourth-order valence-electron chi connectivity index (χ4n) is 5.04. The van der Waals surface area contributed by atoms with E-state index in [1.807, 2.05) is 30.3 Å². The average molecular weight is 550 g/mol. The number of aliphatic hydroxyl groups excluding tert-OH is 1. The number of Topliss-reactive ketones (excluding diaryl/α,β-unsaturated/α-hetero) is 2. The maximum atomic E-state index is 12.9. The van der Waals surface area contributed by atoms with Gasteiger partial charge in [-0.05, 0) is 54.2 Å². The van der Waals surface area contributed by atoms with E-state index in [4.69, 9.17) is 4.74 Å². The number of ketones is 2. The predicted octanol–water partition coefficient (Wildman–Crippen LogP) is 3.16. The summed E-state index contributed by atoms with van der Waals surface area (Å²) in [5.41, 5.74) is 3.57. The van der Waals surface area contributed by atoms with E-state index in [9.17, 15) is 23.1 Å². The Labute approximate surface area is 230 Å². The highest BCUT2D eigenvalue weighted by atomic mass is 32.2. The molecule has 206 valence electrons. The molecule has 0 bridgehead atoms. The van der Waals surface area contributed by atoms with Gasteiger partial charge in [-0.2, -0.15) is 0 Å². The third-order valence-electron chi connectivity index (χ3n) is 7.42. The summed E-state index contributed by atoms with van der Waals surface area (Å²) < 4.78 is 28.9. The van der Waals surface area contributed by atoms with Crippen LogP contribution >= 0.6 is 0 Å². The Bertz CT molecular complexity index is 1320. The van der Waals surface area contributed by atoms with Crippen molar-refractivity contribution in [1.29, 1.82) is 0 Å². The standard InChI is InChI=1S/C31H35NO6S/c33-23-31(35)29(27-13-19-39(36,37)20-14-27)21-30(34)28-11-9-25(10-12-28)4-2-1-3-24-5-7-26(8-6-24)22-32-15-17-38-18-16-32/h2,4-12,27,29,33H,13-23H2/b4-2+/t29-/m0/s1. The maximum Gasteiger partial charge on any atom is 0.163 e. The largest absolute Gasteiger partial charge is 0.389 e. The van der Waals surface area contributed by atoms with E-state index in [-0.39, 0.29) is 29.6 Å². The molecule has 0 unspecified atom stereocenters. The second-order valence-corrected chi connectivity index (χ2v) is 12.5. The van der Waals surface area contributed by atoms with Crippen molar-refractivity contribution in [3.8, 4) is 11.8 Å². The van der Waals surface area contributed by atoms with Crippen molar-refractivity contribution in [3.05, 3.63) is 76.9 Å². The number of carbonyl (C=O) groups is 2. The molecular formula is C31H35NO6S. The van der Waals surface area contributed by atoms with Gasteiger partial charge in [0, 0.05) is 43.1 Å². The Morgan fingerprint density at radius 3 is 2.33 bits per heavy atom. The Balaban J connectivity index is 1.30. The minimum atomic E-state index is -3.08. The highest BCUT2D eigenvalue weighted by Crippen LogP contribution is 2.30. The molecule has 0 radical (unpaired) electrons. The molecule has 0 spiro atoms. The molecule has 2 saturated heterocycles. The van der Waals surface area contributed by atoms with Gasteiger partial charge < -0.3 is 9.84 Å². The number of allylic oxidation sites excluding steroid dienone is 1. The van der Waals surface area contributed by atoms with Crippen LogP contribution < -0.4 is 0 Å². The fourth-order valence-corrected chi connectivity index (χ4v) is 6.57. The normalized spacial score (nSPS) is 18.8. The van der Waals surface area contributed by atoms with Gasteiger partial charge in [0.05, 0.1) is 24.7 Å². The van der Waals surface area contributed by atoms with E-state index >= 15 is 0 Å². The van der Waals surface area contributed by atoms with E-state index in [0.29, 0.717) is 18.4 Å². The SMILES string of the molecule is O=C(C[C@H](C(=O)CO)C1CCS(=O)(=O)CC1)c1ccc(/C=C/C#Cc2ccc(CN3CCOCC3)cc2)cc1. The molecule has 4 rings (SSSR count). The van der Waals surface area contributed by atoms with Crippen LogP contribution in [0.2, 0.25) is 0 Å². The molecule has 0 aromatic heterocycles. The van der Waals surface area contributed by atoms with Crippen LogP contribution in [0.3, 0.4) is 0 Å². The van der Waals surface area contributed by atoms with Gasteiger partial charge in [0.15, 0.2) is 11.6 Å². The zero-order valence-electron chi connectivity index (χ0n) is 22.1. The summed E-state index contributed by atoms with van der Waals surface area (Å²) in [5.74, 6) is 4.75. The van der Waals surface area contributed by atoms with Gasteiger partial charge >= 0.3 is 0 Å². The Kier molecular flexibility index (Phi) is 10.2. The second-order valence-electron chi connectivity index (χ2n) is 10.2. The lowest BCUT2D eigenvalue weighted by atomic mass is 9.80. The summed E-state index contributed by atoms with van der Waals surface area (Å²) in [6, 6.07) is 15.3. The number of rotatable bonds is 9. The van der Waals surface area contributed by atoms with Crippen molar-refractivity contribution >= 4 is 27.5 Å². The van der Waals surface area contributed by atoms with Crippen LogP contribution in [0.15, 0.2) is 54.6 Å². The molecule has 8 heteroatoms. The zero-order valence-corrected chi connectivity index (χ0v) is 22.9. The Morgan fingerprint density at radius 1 is 1.03 bits per heavy atom. The lowest BCUT2D eigenvalue weighted by Gasteiger charge is -2.28. The van der Waals surface area contributed by atoms with Gasteiger partial charge in [-0.1, -0.05) is 48.2 Å². The Hall–Kier alpha value is -3.09. The van der Waals surface area contributed by atoms with Gasteiger partial charge in [0.1, 0.15) is 16.4 Å². The van der Waals surface area contributed by atoms with Crippen molar-refractivity contribution in [2.45, 2.75) is 25.8 Å². The molecule has 2 aliphatic heterocycles. The van der Waals surface area contributed by atoms with Crippen LogP contribution in [0, 0.1) is 23.7 Å². The molecular weight excluding hydrogens is 514 g/mol. The third kappa shape index (κ3) is 8.70. The lowest BCUT2D eigenvalue weighted by molar-refractivity contribution is -0.127. The second kappa shape index (κ2) is 13.8. The minimum absolute atomic E-state index is 0.0191. The summed E-state index contributed by atoms with van der Waals surface area (Å²) >= 11 is 0. The number of nitrogens with zero attached hydrogens (tertiary/aromatic N) is 1. The number of ether oxygens (including phenoxy) is 1. The van der Waals surface area contributed by atoms with Crippen molar-refractivity contribution in [1.82, 2.24) is 4.90 Å². The summed E-state index contributed by atoms with van der Waals surface area (Å²) in [6.07, 6.45) is 4.29. The number of benzene rings is 2. The first-order valence-electron chi connectivity index (χ1n) is 13.4. The monoisotopic (exact) mass is 549 g/mol. The molecule has 0 aliphatic carbocycles. The third-order valence-corrected chi connectivity index (χ3v) is 9.13. The molecule has 1 atom stereocenters. The van der Waals surface area contributed by atoms with Crippen LogP contribution in [0.4, 0.5) is 0 Å². The van der Waals surface area contributed by atoms with E-state index in [2.05, 4.69) is 28.9 Å². The van der Waals surface area contributed by atoms with E-state index in [1.165, 1.54) is 5.56 Å². The lowest BCUT2D eigenvalue weighted by Crippen LogP contribution is -2.35. The maximum absolute atomic E-state index is 12.9. The molecule has 0 saturated carbocycles. The number of morpholine rings is 1. The minimum Gasteiger partial charge on any atom is -0.389 e. The van der Waals surface area contributed by atoms with Gasteiger partial charge in [-0.25, -0.2) is 8.42 Å². The zero-order chi connectivity index (χ0) is 27.7.